The summed E-state index contributed by atoms with van der Waals surface area (Å²) in [6.45, 7) is 0.511. The van der Waals surface area contributed by atoms with Crippen molar-refractivity contribution in [3.8, 4) is 5.88 Å². The van der Waals surface area contributed by atoms with Crippen LogP contribution in [0.1, 0.15) is 5.56 Å². The smallest absolute Gasteiger partial charge is 0.218 e. The molecule has 4 rings (SSSR count). The van der Waals surface area contributed by atoms with E-state index in [0.29, 0.717) is 18.2 Å². The van der Waals surface area contributed by atoms with Crippen molar-refractivity contribution in [2.45, 2.75) is 6.54 Å². The Morgan fingerprint density at radius 1 is 1.12 bits per heavy atom. The van der Waals surface area contributed by atoms with Crippen LogP contribution >= 0.6 is 0 Å². The van der Waals surface area contributed by atoms with E-state index in [0.717, 1.165) is 22.2 Å². The lowest BCUT2D eigenvalue weighted by Crippen LogP contribution is -2.01. The largest absolute Gasteiger partial charge is 0.481 e. The van der Waals surface area contributed by atoms with Gasteiger partial charge in [0.25, 0.3) is 0 Å². The molecule has 1 N–H and O–H groups in total. The minimum Gasteiger partial charge on any atom is -0.481 e. The Bertz CT molecular complexity index is 1060. The lowest BCUT2D eigenvalue weighted by molar-refractivity contribution is 0.397. The normalized spacial score (nSPS) is 10.8. The van der Waals surface area contributed by atoms with Gasteiger partial charge in [-0.25, -0.2) is 14.4 Å². The zero-order valence-corrected chi connectivity index (χ0v) is 14.1. The summed E-state index contributed by atoms with van der Waals surface area (Å²) in [6, 6.07) is 14.2. The molecule has 0 saturated carbocycles. The van der Waals surface area contributed by atoms with Gasteiger partial charge in [0, 0.05) is 17.1 Å². The van der Waals surface area contributed by atoms with E-state index in [9.17, 15) is 4.39 Å². The average molecular weight is 349 g/mol. The fourth-order valence-corrected chi connectivity index (χ4v) is 2.77. The fraction of sp³-hybridized carbons (Fsp3) is 0.105. The maximum Gasteiger partial charge on any atom is 0.218 e. The van der Waals surface area contributed by atoms with Crippen molar-refractivity contribution in [2.24, 2.45) is 0 Å². The summed E-state index contributed by atoms with van der Waals surface area (Å²) in [4.78, 5) is 8.16. The van der Waals surface area contributed by atoms with E-state index in [-0.39, 0.29) is 5.82 Å². The Labute approximate surface area is 149 Å². The van der Waals surface area contributed by atoms with Crippen molar-refractivity contribution in [2.75, 3.05) is 12.4 Å². The van der Waals surface area contributed by atoms with Crippen LogP contribution in [0.5, 0.6) is 5.88 Å². The molecule has 2 aromatic carbocycles. The molecular weight excluding hydrogens is 333 g/mol. The highest BCUT2D eigenvalue weighted by molar-refractivity contribution is 5.83. The minimum atomic E-state index is -0.245. The molecule has 0 atom stereocenters. The quantitative estimate of drug-likeness (QED) is 0.594. The summed E-state index contributed by atoms with van der Waals surface area (Å²) < 4.78 is 20.3. The fourth-order valence-electron chi connectivity index (χ4n) is 2.77. The predicted molar refractivity (Wildman–Crippen MR) is 97.1 cm³/mol. The molecule has 0 aliphatic heterocycles. The lowest BCUT2D eigenvalue weighted by atomic mass is 10.2. The van der Waals surface area contributed by atoms with Crippen LogP contribution in [0.25, 0.3) is 10.9 Å². The van der Waals surface area contributed by atoms with E-state index in [2.05, 4.69) is 20.4 Å². The first kappa shape index (κ1) is 16.0. The Morgan fingerprint density at radius 2 is 2.04 bits per heavy atom. The standard InChI is InChI=1S/C19H16FN5O/c1-26-19-9-18(21-12-22-19)24-16-5-6-17-14(8-16)10-23-25(17)11-13-3-2-4-15(20)7-13/h2-10,12H,11H2,1H3,(H,21,22,24). The van der Waals surface area contributed by atoms with Crippen molar-refractivity contribution < 1.29 is 9.13 Å². The van der Waals surface area contributed by atoms with Gasteiger partial charge in [0.15, 0.2) is 0 Å². The third-order valence-corrected chi connectivity index (χ3v) is 3.99. The minimum absolute atomic E-state index is 0.245. The maximum atomic E-state index is 13.4. The Hall–Kier alpha value is -3.48. The molecule has 0 saturated heterocycles. The van der Waals surface area contributed by atoms with Gasteiger partial charge in [-0.1, -0.05) is 12.1 Å². The number of ether oxygens (including phenoxy) is 1. The van der Waals surface area contributed by atoms with Crippen molar-refractivity contribution in [1.82, 2.24) is 19.7 Å². The number of hydrogen-bond donors (Lipinski definition) is 1. The van der Waals surface area contributed by atoms with Crippen LogP contribution in [0.2, 0.25) is 0 Å². The van der Waals surface area contributed by atoms with E-state index in [4.69, 9.17) is 4.74 Å². The van der Waals surface area contributed by atoms with E-state index in [1.807, 2.05) is 28.9 Å². The first-order valence-electron chi connectivity index (χ1n) is 8.04. The van der Waals surface area contributed by atoms with Crippen LogP contribution in [0.3, 0.4) is 0 Å². The summed E-state index contributed by atoms with van der Waals surface area (Å²) in [6.07, 6.45) is 3.23. The molecule has 0 aliphatic rings. The van der Waals surface area contributed by atoms with E-state index < -0.39 is 0 Å². The summed E-state index contributed by atoms with van der Waals surface area (Å²) in [5.74, 6) is 0.889. The van der Waals surface area contributed by atoms with Crippen LogP contribution in [0.4, 0.5) is 15.9 Å². The Kier molecular flexibility index (Phi) is 4.18. The molecule has 0 aliphatic carbocycles. The number of methoxy groups -OCH3 is 1. The second kappa shape index (κ2) is 6.79. The monoisotopic (exact) mass is 349 g/mol. The zero-order chi connectivity index (χ0) is 17.9. The zero-order valence-electron chi connectivity index (χ0n) is 14.1. The van der Waals surface area contributed by atoms with Gasteiger partial charge in [-0.2, -0.15) is 5.10 Å². The molecule has 6 nitrogen and oxygen atoms in total. The molecule has 0 spiro atoms. The molecule has 26 heavy (non-hydrogen) atoms. The van der Waals surface area contributed by atoms with Crippen molar-refractivity contribution >= 4 is 22.4 Å². The Morgan fingerprint density at radius 3 is 2.88 bits per heavy atom. The van der Waals surface area contributed by atoms with Crippen LogP contribution < -0.4 is 10.1 Å². The number of fused-ring (bicyclic) bond motifs is 1. The number of rotatable bonds is 5. The first-order chi connectivity index (χ1) is 12.7. The summed E-state index contributed by atoms with van der Waals surface area (Å²) >= 11 is 0. The van der Waals surface area contributed by atoms with E-state index in [1.165, 1.54) is 18.5 Å². The molecule has 7 heteroatoms. The van der Waals surface area contributed by atoms with Gasteiger partial charge in [-0.05, 0) is 35.9 Å². The number of aromatic nitrogens is 4. The van der Waals surface area contributed by atoms with Crippen LogP contribution in [-0.2, 0) is 6.54 Å². The number of benzene rings is 2. The SMILES string of the molecule is COc1cc(Nc2ccc3c(cnn3Cc3cccc(F)c3)c2)ncn1. The molecule has 0 fully saturated rings. The summed E-state index contributed by atoms with van der Waals surface area (Å²) in [5.41, 5.74) is 2.72. The van der Waals surface area contributed by atoms with Gasteiger partial charge in [0.1, 0.15) is 18.0 Å². The molecular formula is C19H16FN5O. The average Bonchev–Trinajstić information content (AvgIpc) is 3.04. The van der Waals surface area contributed by atoms with Gasteiger partial charge < -0.3 is 10.1 Å². The number of halogens is 1. The highest BCUT2D eigenvalue weighted by Gasteiger charge is 2.06. The topological polar surface area (TPSA) is 64.9 Å². The summed E-state index contributed by atoms with van der Waals surface area (Å²) in [5, 5.41) is 8.62. The molecule has 0 amide bonds. The molecule has 0 radical (unpaired) electrons. The van der Waals surface area contributed by atoms with Gasteiger partial charge in [-0.15, -0.1) is 0 Å². The second-order valence-electron chi connectivity index (χ2n) is 5.78. The van der Waals surface area contributed by atoms with Crippen molar-refractivity contribution in [3.63, 3.8) is 0 Å². The second-order valence-corrected chi connectivity index (χ2v) is 5.78. The number of nitrogens with one attached hydrogen (secondary N) is 1. The van der Waals surface area contributed by atoms with E-state index in [1.54, 1.807) is 25.4 Å². The van der Waals surface area contributed by atoms with Crippen molar-refractivity contribution in [1.29, 1.82) is 0 Å². The number of hydrogen-bond acceptors (Lipinski definition) is 5. The maximum absolute atomic E-state index is 13.4. The lowest BCUT2D eigenvalue weighted by Gasteiger charge is -2.08. The third-order valence-electron chi connectivity index (χ3n) is 3.99. The van der Waals surface area contributed by atoms with Gasteiger partial charge in [-0.3, -0.25) is 4.68 Å². The molecule has 0 unspecified atom stereocenters. The van der Waals surface area contributed by atoms with Crippen LogP contribution in [0, 0.1) is 5.82 Å². The number of anilines is 2. The highest BCUT2D eigenvalue weighted by atomic mass is 19.1. The van der Waals surface area contributed by atoms with Gasteiger partial charge in [0.05, 0.1) is 25.4 Å². The third kappa shape index (κ3) is 3.32. The number of nitrogens with zero attached hydrogens (tertiary/aromatic N) is 4. The van der Waals surface area contributed by atoms with Gasteiger partial charge in [0.2, 0.25) is 5.88 Å². The van der Waals surface area contributed by atoms with Crippen molar-refractivity contribution in [3.05, 3.63) is 72.4 Å². The van der Waals surface area contributed by atoms with Crippen LogP contribution in [-0.4, -0.2) is 26.9 Å². The molecule has 130 valence electrons. The van der Waals surface area contributed by atoms with E-state index >= 15 is 0 Å². The molecule has 2 heterocycles. The van der Waals surface area contributed by atoms with Crippen LogP contribution in [0.15, 0.2) is 61.1 Å². The first-order valence-corrected chi connectivity index (χ1v) is 8.04. The highest BCUT2D eigenvalue weighted by Crippen LogP contribution is 2.23. The summed E-state index contributed by atoms with van der Waals surface area (Å²) in [7, 11) is 1.56. The van der Waals surface area contributed by atoms with Gasteiger partial charge >= 0.3 is 0 Å². The molecule has 4 aromatic rings. The predicted octanol–water partition coefficient (Wildman–Crippen LogP) is 3.77. The Balaban J connectivity index is 1.58. The molecule has 2 aromatic heterocycles. The molecule has 0 bridgehead atoms.